The number of carbonyl (C=O) groups excluding carboxylic acids is 2. The van der Waals surface area contributed by atoms with Crippen LogP contribution in [0, 0.1) is 5.92 Å². The third kappa shape index (κ3) is 4.37. The van der Waals surface area contributed by atoms with E-state index in [0.29, 0.717) is 13.0 Å². The van der Waals surface area contributed by atoms with Gasteiger partial charge in [0.25, 0.3) is 0 Å². The summed E-state index contributed by atoms with van der Waals surface area (Å²) in [6, 6.07) is 5.03. The van der Waals surface area contributed by atoms with Crippen molar-refractivity contribution in [3.05, 3.63) is 24.3 Å². The first kappa shape index (κ1) is 16.1. The van der Waals surface area contributed by atoms with Crippen molar-refractivity contribution in [2.45, 2.75) is 19.2 Å². The Bertz CT molecular complexity index is 575. The molecule has 0 saturated carbocycles. The standard InChI is InChI=1S/C14H15F3N2O3/c1-19-6-5-9(7-12(19)20)13(21)18-10-3-2-4-11(8-10)22-14(15,16)17/h2-4,8-9H,5-7H2,1H3,(H,18,21). The van der Waals surface area contributed by atoms with Crippen molar-refractivity contribution in [1.82, 2.24) is 4.90 Å². The van der Waals surface area contributed by atoms with Crippen LogP contribution in [-0.4, -0.2) is 36.7 Å². The van der Waals surface area contributed by atoms with Crippen molar-refractivity contribution in [2.24, 2.45) is 5.92 Å². The lowest BCUT2D eigenvalue weighted by Crippen LogP contribution is -2.39. The van der Waals surface area contributed by atoms with Crippen molar-refractivity contribution in [2.75, 3.05) is 18.9 Å². The molecule has 1 aliphatic rings. The molecule has 8 heteroatoms. The first-order valence-corrected chi connectivity index (χ1v) is 6.65. The number of halogens is 3. The summed E-state index contributed by atoms with van der Waals surface area (Å²) in [4.78, 5) is 25.2. The van der Waals surface area contributed by atoms with Crippen molar-refractivity contribution in [3.8, 4) is 5.75 Å². The zero-order valence-electron chi connectivity index (χ0n) is 11.8. The summed E-state index contributed by atoms with van der Waals surface area (Å²) in [6.45, 7) is 0.480. The number of anilines is 1. The quantitative estimate of drug-likeness (QED) is 0.931. The minimum absolute atomic E-state index is 0.0983. The van der Waals surface area contributed by atoms with Gasteiger partial charge in [-0.15, -0.1) is 13.2 Å². The molecular formula is C14H15F3N2O3. The minimum Gasteiger partial charge on any atom is -0.406 e. The van der Waals surface area contributed by atoms with Gasteiger partial charge in [0, 0.05) is 37.7 Å². The number of alkyl halides is 3. The number of ether oxygens (including phenoxy) is 1. The number of hydrogen-bond donors (Lipinski definition) is 1. The SMILES string of the molecule is CN1CCC(C(=O)Nc2cccc(OC(F)(F)F)c2)CC1=O. The predicted octanol–water partition coefficient (Wildman–Crippen LogP) is 2.39. The van der Waals surface area contributed by atoms with Gasteiger partial charge in [-0.25, -0.2) is 0 Å². The van der Waals surface area contributed by atoms with E-state index < -0.39 is 18.0 Å². The van der Waals surface area contributed by atoms with Crippen molar-refractivity contribution in [3.63, 3.8) is 0 Å². The highest BCUT2D eigenvalue weighted by molar-refractivity contribution is 5.95. The predicted molar refractivity (Wildman–Crippen MR) is 72.1 cm³/mol. The van der Waals surface area contributed by atoms with Crippen LogP contribution < -0.4 is 10.1 Å². The summed E-state index contributed by atoms with van der Waals surface area (Å²) in [5.41, 5.74) is 0.193. The molecule has 0 radical (unpaired) electrons. The average Bonchev–Trinajstić information content (AvgIpc) is 2.40. The second-order valence-electron chi connectivity index (χ2n) is 5.07. The van der Waals surface area contributed by atoms with Crippen molar-refractivity contribution < 1.29 is 27.5 Å². The molecule has 1 unspecified atom stereocenters. The van der Waals surface area contributed by atoms with Gasteiger partial charge in [0.15, 0.2) is 0 Å². The Balaban J connectivity index is 2.00. The molecule has 0 bridgehead atoms. The van der Waals surface area contributed by atoms with E-state index in [0.717, 1.165) is 12.1 Å². The monoisotopic (exact) mass is 316 g/mol. The fourth-order valence-electron chi connectivity index (χ4n) is 2.18. The summed E-state index contributed by atoms with van der Waals surface area (Å²) in [5, 5.41) is 2.52. The molecule has 5 nitrogen and oxygen atoms in total. The number of piperidine rings is 1. The fourth-order valence-corrected chi connectivity index (χ4v) is 2.18. The number of hydrogen-bond acceptors (Lipinski definition) is 3. The van der Waals surface area contributed by atoms with Crippen LogP contribution in [0.1, 0.15) is 12.8 Å². The highest BCUT2D eigenvalue weighted by Crippen LogP contribution is 2.26. The van der Waals surface area contributed by atoms with E-state index in [1.54, 1.807) is 11.9 Å². The van der Waals surface area contributed by atoms with Gasteiger partial charge in [0.1, 0.15) is 5.75 Å². The molecule has 1 aromatic carbocycles. The highest BCUT2D eigenvalue weighted by Gasteiger charge is 2.31. The topological polar surface area (TPSA) is 58.6 Å². The van der Waals surface area contributed by atoms with Gasteiger partial charge in [-0.1, -0.05) is 6.07 Å². The largest absolute Gasteiger partial charge is 0.573 e. The molecule has 1 aromatic rings. The van der Waals surface area contributed by atoms with E-state index in [4.69, 9.17) is 0 Å². The molecule has 1 saturated heterocycles. The smallest absolute Gasteiger partial charge is 0.406 e. The van der Waals surface area contributed by atoms with Gasteiger partial charge in [-0.2, -0.15) is 0 Å². The fraction of sp³-hybridized carbons (Fsp3) is 0.429. The molecule has 1 fully saturated rings. The van der Waals surface area contributed by atoms with E-state index in [-0.39, 0.29) is 23.9 Å². The Hall–Kier alpha value is -2.25. The van der Waals surface area contributed by atoms with E-state index >= 15 is 0 Å². The second-order valence-corrected chi connectivity index (χ2v) is 5.07. The van der Waals surface area contributed by atoms with E-state index in [1.165, 1.54) is 12.1 Å². The van der Waals surface area contributed by atoms with Gasteiger partial charge < -0.3 is 15.0 Å². The Morgan fingerprint density at radius 1 is 1.41 bits per heavy atom. The molecule has 22 heavy (non-hydrogen) atoms. The summed E-state index contributed by atoms with van der Waals surface area (Å²) < 4.78 is 40.3. The molecule has 0 aromatic heterocycles. The Morgan fingerprint density at radius 2 is 2.14 bits per heavy atom. The number of carbonyl (C=O) groups is 2. The lowest BCUT2D eigenvalue weighted by molar-refractivity contribution is -0.274. The maximum absolute atomic E-state index is 12.2. The average molecular weight is 316 g/mol. The van der Waals surface area contributed by atoms with Crippen LogP contribution in [0.5, 0.6) is 5.75 Å². The number of likely N-dealkylation sites (tertiary alicyclic amines) is 1. The van der Waals surface area contributed by atoms with E-state index in [2.05, 4.69) is 10.1 Å². The Morgan fingerprint density at radius 3 is 2.77 bits per heavy atom. The van der Waals surface area contributed by atoms with Crippen LogP contribution in [0.25, 0.3) is 0 Å². The number of benzene rings is 1. The van der Waals surface area contributed by atoms with Crippen LogP contribution in [0.2, 0.25) is 0 Å². The second kappa shape index (κ2) is 6.25. The van der Waals surface area contributed by atoms with Gasteiger partial charge in [-0.3, -0.25) is 9.59 Å². The molecular weight excluding hydrogens is 301 g/mol. The van der Waals surface area contributed by atoms with Crippen LogP contribution in [-0.2, 0) is 9.59 Å². The zero-order valence-corrected chi connectivity index (χ0v) is 11.8. The lowest BCUT2D eigenvalue weighted by Gasteiger charge is -2.27. The summed E-state index contributed by atoms with van der Waals surface area (Å²) in [5.74, 6) is -1.40. The summed E-state index contributed by atoms with van der Waals surface area (Å²) in [6.07, 6.45) is -4.17. The molecule has 0 aliphatic carbocycles. The van der Waals surface area contributed by atoms with E-state index in [9.17, 15) is 22.8 Å². The first-order valence-electron chi connectivity index (χ1n) is 6.65. The molecule has 1 atom stereocenters. The highest BCUT2D eigenvalue weighted by atomic mass is 19.4. The van der Waals surface area contributed by atoms with Gasteiger partial charge >= 0.3 is 6.36 Å². The van der Waals surface area contributed by atoms with Crippen molar-refractivity contribution in [1.29, 1.82) is 0 Å². The van der Waals surface area contributed by atoms with Crippen LogP contribution in [0.15, 0.2) is 24.3 Å². The Kier molecular flexibility index (Phi) is 4.58. The number of nitrogens with zero attached hydrogens (tertiary/aromatic N) is 1. The molecule has 1 N–H and O–H groups in total. The van der Waals surface area contributed by atoms with Gasteiger partial charge in [0.2, 0.25) is 11.8 Å². The number of rotatable bonds is 3. The van der Waals surface area contributed by atoms with Crippen LogP contribution in [0.4, 0.5) is 18.9 Å². The van der Waals surface area contributed by atoms with Crippen molar-refractivity contribution >= 4 is 17.5 Å². The molecule has 1 aliphatic heterocycles. The van der Waals surface area contributed by atoms with Crippen LogP contribution in [0.3, 0.4) is 0 Å². The first-order chi connectivity index (χ1) is 10.2. The third-order valence-corrected chi connectivity index (χ3v) is 3.37. The number of nitrogens with one attached hydrogen (secondary N) is 1. The summed E-state index contributed by atoms with van der Waals surface area (Å²) >= 11 is 0. The minimum atomic E-state index is -4.79. The van der Waals surface area contributed by atoms with Crippen LogP contribution >= 0.6 is 0 Å². The van der Waals surface area contributed by atoms with Gasteiger partial charge in [0.05, 0.1) is 0 Å². The third-order valence-electron chi connectivity index (χ3n) is 3.37. The van der Waals surface area contributed by atoms with E-state index in [1.807, 2.05) is 0 Å². The maximum Gasteiger partial charge on any atom is 0.573 e. The van der Waals surface area contributed by atoms with Gasteiger partial charge in [-0.05, 0) is 18.6 Å². The lowest BCUT2D eigenvalue weighted by atomic mass is 9.95. The Labute approximate surface area is 125 Å². The molecule has 120 valence electrons. The molecule has 2 rings (SSSR count). The number of amides is 2. The molecule has 1 heterocycles. The normalized spacial score (nSPS) is 19.0. The summed E-state index contributed by atoms with van der Waals surface area (Å²) in [7, 11) is 1.66. The molecule has 2 amide bonds. The molecule has 0 spiro atoms. The maximum atomic E-state index is 12.2. The zero-order chi connectivity index (χ0) is 16.3.